The summed E-state index contributed by atoms with van der Waals surface area (Å²) in [5.74, 6) is -0.00339. The Bertz CT molecular complexity index is 340. The molecule has 0 N–H and O–H groups in total. The lowest BCUT2D eigenvalue weighted by molar-refractivity contribution is 0.349. The zero-order valence-electron chi connectivity index (χ0n) is 9.87. The van der Waals surface area contributed by atoms with Gasteiger partial charge in [-0.25, -0.2) is 0 Å². The van der Waals surface area contributed by atoms with Crippen LogP contribution in [0.2, 0.25) is 0 Å². The van der Waals surface area contributed by atoms with Gasteiger partial charge in [-0.3, -0.25) is 0 Å². The quantitative estimate of drug-likeness (QED) is 0.662. The molecule has 0 saturated carbocycles. The van der Waals surface area contributed by atoms with Crippen LogP contribution in [0.1, 0.15) is 31.9 Å². The lowest BCUT2D eigenvalue weighted by atomic mass is 9.81. The molecule has 0 heterocycles. The van der Waals surface area contributed by atoms with Crippen molar-refractivity contribution in [2.45, 2.75) is 39.0 Å². The van der Waals surface area contributed by atoms with Gasteiger partial charge in [-0.1, -0.05) is 32.9 Å². The highest BCUT2D eigenvalue weighted by atomic mass is 16.5. The Labute approximate surface area is 95.0 Å². The van der Waals surface area contributed by atoms with Gasteiger partial charge in [-0.15, -0.1) is 0 Å². The molecule has 1 rings (SSSR count). The summed E-state index contributed by atoms with van der Waals surface area (Å²) < 4.78 is 5.34. The van der Waals surface area contributed by atoms with Gasteiger partial charge in [0.25, 0.3) is 0 Å². The summed E-state index contributed by atoms with van der Waals surface area (Å²) in [7, 11) is 10.8. The maximum Gasteiger partial charge on any atom is 0.120 e. The Kier molecular flexibility index (Phi) is 3.54. The van der Waals surface area contributed by atoms with Crippen LogP contribution in [-0.4, -0.2) is 21.6 Å². The van der Waals surface area contributed by atoms with Crippen molar-refractivity contribution in [2.24, 2.45) is 0 Å². The monoisotopic (exact) mass is 198 g/mol. The predicted molar refractivity (Wildman–Crippen MR) is 65.8 cm³/mol. The predicted octanol–water partition coefficient (Wildman–Crippen LogP) is 2.29. The van der Waals surface area contributed by atoms with Crippen LogP contribution in [0, 0.1) is 6.92 Å². The van der Waals surface area contributed by atoms with Gasteiger partial charge in [0.05, 0.1) is 0 Å². The first-order valence-electron chi connectivity index (χ1n) is 5.09. The second-order valence-corrected chi connectivity index (χ2v) is 4.81. The SMILES string of the molecule is [B]C([B])Oc1cc(C(C)(C)C)ccc1C. The molecular formula is C12H16B2O. The molecule has 0 unspecified atom stereocenters. The molecular weight excluding hydrogens is 182 g/mol. The Morgan fingerprint density at radius 2 is 1.80 bits per heavy atom. The van der Waals surface area contributed by atoms with E-state index >= 15 is 0 Å². The van der Waals surface area contributed by atoms with E-state index in [0.717, 1.165) is 11.3 Å². The molecule has 0 saturated heterocycles. The summed E-state index contributed by atoms with van der Waals surface area (Å²) in [5.41, 5.74) is 2.36. The van der Waals surface area contributed by atoms with Gasteiger partial charge in [0.15, 0.2) is 0 Å². The van der Waals surface area contributed by atoms with E-state index in [1.54, 1.807) is 0 Å². The van der Waals surface area contributed by atoms with E-state index in [9.17, 15) is 0 Å². The van der Waals surface area contributed by atoms with Crippen molar-refractivity contribution in [3.8, 4) is 5.75 Å². The number of rotatable bonds is 2. The van der Waals surface area contributed by atoms with Crippen molar-refractivity contribution < 1.29 is 4.74 Å². The number of ether oxygens (including phenoxy) is 1. The maximum absolute atomic E-state index is 5.41. The van der Waals surface area contributed by atoms with Crippen molar-refractivity contribution in [3.05, 3.63) is 29.3 Å². The normalized spacial score (nSPS) is 11.8. The zero-order chi connectivity index (χ0) is 11.6. The Morgan fingerprint density at radius 3 is 2.27 bits per heavy atom. The molecule has 0 aromatic heterocycles. The van der Waals surface area contributed by atoms with Crippen LogP contribution >= 0.6 is 0 Å². The molecule has 1 aromatic rings. The Morgan fingerprint density at radius 1 is 1.20 bits per heavy atom. The van der Waals surface area contributed by atoms with Gasteiger partial charge in [0, 0.05) is 5.90 Å². The molecule has 0 aliphatic heterocycles. The van der Waals surface area contributed by atoms with Gasteiger partial charge >= 0.3 is 0 Å². The lowest BCUT2D eigenvalue weighted by Crippen LogP contribution is -2.17. The first kappa shape index (κ1) is 12.2. The molecule has 0 amide bonds. The number of hydrogen-bond donors (Lipinski definition) is 0. The van der Waals surface area contributed by atoms with E-state index in [4.69, 9.17) is 20.4 Å². The fourth-order valence-electron chi connectivity index (χ4n) is 1.34. The van der Waals surface area contributed by atoms with E-state index < -0.39 is 5.90 Å². The summed E-state index contributed by atoms with van der Waals surface area (Å²) in [6.45, 7) is 8.45. The van der Waals surface area contributed by atoms with E-state index in [2.05, 4.69) is 26.8 Å². The molecule has 4 radical (unpaired) electrons. The summed E-state index contributed by atoms with van der Waals surface area (Å²) in [6.07, 6.45) is 0. The third-order valence-corrected chi connectivity index (χ3v) is 2.32. The number of hydrogen-bond acceptors (Lipinski definition) is 1. The standard InChI is InChI=1S/C12H16B2O/c1-8-5-6-9(12(2,3)4)7-10(8)15-11(13)14/h5-7,11H,1-4H3. The molecule has 0 fully saturated rings. The molecule has 0 atom stereocenters. The van der Waals surface area contributed by atoms with Crippen LogP contribution in [0.4, 0.5) is 0 Å². The van der Waals surface area contributed by atoms with Crippen LogP contribution in [0.15, 0.2) is 18.2 Å². The molecule has 3 heteroatoms. The van der Waals surface area contributed by atoms with Gasteiger partial charge in [0.1, 0.15) is 21.4 Å². The molecule has 0 aliphatic rings. The fraction of sp³-hybridized carbons (Fsp3) is 0.500. The highest BCUT2D eigenvalue weighted by molar-refractivity contribution is 6.34. The second-order valence-electron chi connectivity index (χ2n) is 4.81. The van der Waals surface area contributed by atoms with Gasteiger partial charge in [0.2, 0.25) is 0 Å². The molecule has 1 nitrogen and oxygen atoms in total. The topological polar surface area (TPSA) is 9.23 Å². The third kappa shape index (κ3) is 3.33. The molecule has 1 aromatic carbocycles. The molecule has 76 valence electrons. The van der Waals surface area contributed by atoms with Crippen LogP contribution in [0.3, 0.4) is 0 Å². The van der Waals surface area contributed by atoms with Crippen LogP contribution in [0.25, 0.3) is 0 Å². The van der Waals surface area contributed by atoms with Crippen molar-refractivity contribution in [2.75, 3.05) is 0 Å². The van der Waals surface area contributed by atoms with Gasteiger partial charge < -0.3 is 4.74 Å². The average molecular weight is 198 g/mol. The second kappa shape index (κ2) is 4.34. The summed E-state index contributed by atoms with van der Waals surface area (Å²) in [6, 6.07) is 6.13. The van der Waals surface area contributed by atoms with Crippen LogP contribution < -0.4 is 4.74 Å². The minimum atomic E-state index is -0.765. The van der Waals surface area contributed by atoms with Crippen molar-refractivity contribution in [1.29, 1.82) is 0 Å². The third-order valence-electron chi connectivity index (χ3n) is 2.32. The van der Waals surface area contributed by atoms with Crippen molar-refractivity contribution in [3.63, 3.8) is 0 Å². The lowest BCUT2D eigenvalue weighted by Gasteiger charge is -2.22. The Hall–Kier alpha value is -0.850. The van der Waals surface area contributed by atoms with Gasteiger partial charge in [-0.2, -0.15) is 0 Å². The minimum Gasteiger partial charge on any atom is -0.510 e. The number of aryl methyl sites for hydroxylation is 1. The molecule has 0 aliphatic carbocycles. The molecule has 0 spiro atoms. The van der Waals surface area contributed by atoms with E-state index in [-0.39, 0.29) is 5.41 Å². The largest absolute Gasteiger partial charge is 0.510 e. The average Bonchev–Trinajstić information content (AvgIpc) is 2.06. The fourth-order valence-corrected chi connectivity index (χ4v) is 1.34. The molecule has 15 heavy (non-hydrogen) atoms. The highest BCUT2D eigenvalue weighted by Gasteiger charge is 2.15. The van der Waals surface area contributed by atoms with E-state index in [1.807, 2.05) is 19.1 Å². The smallest absolute Gasteiger partial charge is 0.120 e. The number of benzene rings is 1. The van der Waals surface area contributed by atoms with Gasteiger partial charge in [-0.05, 0) is 29.5 Å². The van der Waals surface area contributed by atoms with E-state index in [1.165, 1.54) is 5.56 Å². The highest BCUT2D eigenvalue weighted by Crippen LogP contribution is 2.28. The maximum atomic E-state index is 5.41. The minimum absolute atomic E-state index is 0.102. The van der Waals surface area contributed by atoms with E-state index in [0.29, 0.717) is 0 Å². The van der Waals surface area contributed by atoms with Crippen LogP contribution in [0.5, 0.6) is 5.75 Å². The first-order chi connectivity index (χ1) is 6.80. The summed E-state index contributed by atoms with van der Waals surface area (Å²) in [5, 5.41) is 0. The molecule has 0 bridgehead atoms. The van der Waals surface area contributed by atoms with Crippen molar-refractivity contribution >= 4 is 15.7 Å². The summed E-state index contributed by atoms with van der Waals surface area (Å²) in [4.78, 5) is 0. The first-order valence-corrected chi connectivity index (χ1v) is 5.09. The van der Waals surface area contributed by atoms with Crippen molar-refractivity contribution in [1.82, 2.24) is 0 Å². The summed E-state index contributed by atoms with van der Waals surface area (Å²) >= 11 is 0. The van der Waals surface area contributed by atoms with Crippen LogP contribution in [-0.2, 0) is 5.41 Å². The Balaban J connectivity index is 3.06. The zero-order valence-corrected chi connectivity index (χ0v) is 9.87.